The van der Waals surface area contributed by atoms with E-state index in [1.165, 1.54) is 6.42 Å². The normalized spacial score (nSPS) is 35.8. The summed E-state index contributed by atoms with van der Waals surface area (Å²) in [5.41, 5.74) is 0. The van der Waals surface area contributed by atoms with Crippen molar-refractivity contribution in [2.45, 2.75) is 57.6 Å². The average Bonchev–Trinajstić information content (AvgIpc) is 2.83. The molecule has 2 saturated heterocycles. The second kappa shape index (κ2) is 5.13. The highest BCUT2D eigenvalue weighted by Gasteiger charge is 2.39. The minimum atomic E-state index is -0.122. The molecule has 0 amide bonds. The summed E-state index contributed by atoms with van der Waals surface area (Å²) < 4.78 is 11.4. The zero-order chi connectivity index (χ0) is 11.5. The molecule has 3 atom stereocenters. The van der Waals surface area contributed by atoms with Crippen molar-refractivity contribution < 1.29 is 9.47 Å². The van der Waals surface area contributed by atoms with Crippen LogP contribution in [0.1, 0.15) is 33.1 Å². The minimum Gasteiger partial charge on any atom is -0.348 e. The lowest BCUT2D eigenvalue weighted by Gasteiger charge is -2.31. The van der Waals surface area contributed by atoms with Gasteiger partial charge in [-0.2, -0.15) is 5.26 Å². The van der Waals surface area contributed by atoms with Gasteiger partial charge in [0.2, 0.25) is 0 Å². The van der Waals surface area contributed by atoms with E-state index in [4.69, 9.17) is 14.7 Å². The van der Waals surface area contributed by atoms with Crippen molar-refractivity contribution in [3.05, 3.63) is 0 Å². The van der Waals surface area contributed by atoms with Crippen LogP contribution in [-0.4, -0.2) is 42.5 Å². The van der Waals surface area contributed by atoms with Gasteiger partial charge in [-0.1, -0.05) is 0 Å². The van der Waals surface area contributed by atoms with Gasteiger partial charge in [0.05, 0.1) is 31.2 Å². The average molecular weight is 224 g/mol. The molecule has 4 nitrogen and oxygen atoms in total. The number of nitrogens with zero attached hydrogens (tertiary/aromatic N) is 2. The maximum absolute atomic E-state index is 8.62. The molecule has 2 heterocycles. The van der Waals surface area contributed by atoms with Gasteiger partial charge >= 0.3 is 0 Å². The number of nitriles is 1. The molecule has 2 aliphatic heterocycles. The van der Waals surface area contributed by atoms with Crippen molar-refractivity contribution in [2.75, 3.05) is 13.2 Å². The standard InChI is InChI=1S/C12H20N2O2/c1-9(2)14-7-3-4-11(14)12-15-8-10(16-12)5-6-13/h9-12H,3-5,7-8H2,1-2H3. The molecule has 2 fully saturated rings. The van der Waals surface area contributed by atoms with Crippen LogP contribution >= 0.6 is 0 Å². The van der Waals surface area contributed by atoms with E-state index in [-0.39, 0.29) is 12.4 Å². The Labute approximate surface area is 97.1 Å². The molecule has 0 radical (unpaired) electrons. The lowest BCUT2D eigenvalue weighted by atomic mass is 10.2. The quantitative estimate of drug-likeness (QED) is 0.729. The summed E-state index contributed by atoms with van der Waals surface area (Å²) in [6, 6.07) is 3.05. The summed E-state index contributed by atoms with van der Waals surface area (Å²) in [5, 5.41) is 8.62. The van der Waals surface area contributed by atoms with Crippen LogP contribution in [0.4, 0.5) is 0 Å². The summed E-state index contributed by atoms with van der Waals surface area (Å²) in [6.07, 6.45) is 2.65. The molecule has 0 bridgehead atoms. The van der Waals surface area contributed by atoms with Crippen molar-refractivity contribution in [2.24, 2.45) is 0 Å². The maximum atomic E-state index is 8.62. The molecular weight excluding hydrogens is 204 g/mol. The molecule has 0 aromatic heterocycles. The van der Waals surface area contributed by atoms with E-state index in [0.717, 1.165) is 13.0 Å². The van der Waals surface area contributed by atoms with Gasteiger partial charge in [0.25, 0.3) is 0 Å². The zero-order valence-corrected chi connectivity index (χ0v) is 10.1. The van der Waals surface area contributed by atoms with Gasteiger partial charge in [-0.25, -0.2) is 0 Å². The molecule has 90 valence electrons. The Morgan fingerprint density at radius 1 is 1.50 bits per heavy atom. The minimum absolute atomic E-state index is 0.0235. The van der Waals surface area contributed by atoms with Gasteiger partial charge in [-0.05, 0) is 33.2 Å². The fraction of sp³-hybridized carbons (Fsp3) is 0.917. The smallest absolute Gasteiger partial charge is 0.173 e. The monoisotopic (exact) mass is 224 g/mol. The van der Waals surface area contributed by atoms with Crippen molar-refractivity contribution in [3.63, 3.8) is 0 Å². The molecule has 0 aliphatic carbocycles. The molecule has 0 saturated carbocycles. The van der Waals surface area contributed by atoms with Crippen LogP contribution < -0.4 is 0 Å². The van der Waals surface area contributed by atoms with Crippen LogP contribution in [-0.2, 0) is 9.47 Å². The summed E-state index contributed by atoms with van der Waals surface area (Å²) in [5.74, 6) is 0. The van der Waals surface area contributed by atoms with E-state index in [0.29, 0.717) is 25.1 Å². The first-order valence-electron chi connectivity index (χ1n) is 6.12. The lowest BCUT2D eigenvalue weighted by Crippen LogP contribution is -2.43. The number of hydrogen-bond acceptors (Lipinski definition) is 4. The van der Waals surface area contributed by atoms with Gasteiger partial charge in [0.15, 0.2) is 6.29 Å². The molecule has 0 N–H and O–H groups in total. The molecule has 16 heavy (non-hydrogen) atoms. The highest BCUT2D eigenvalue weighted by Crippen LogP contribution is 2.28. The number of rotatable bonds is 3. The van der Waals surface area contributed by atoms with Gasteiger partial charge in [-0.3, -0.25) is 4.90 Å². The topological polar surface area (TPSA) is 45.5 Å². The molecule has 4 heteroatoms. The third-order valence-corrected chi connectivity index (χ3v) is 3.41. The van der Waals surface area contributed by atoms with Gasteiger partial charge in [0, 0.05) is 6.04 Å². The summed E-state index contributed by atoms with van der Waals surface area (Å²) in [7, 11) is 0. The van der Waals surface area contributed by atoms with E-state index in [2.05, 4.69) is 24.8 Å². The predicted octanol–water partition coefficient (Wildman–Crippen LogP) is 1.51. The summed E-state index contributed by atoms with van der Waals surface area (Å²) >= 11 is 0. The number of likely N-dealkylation sites (tertiary alicyclic amines) is 1. The maximum Gasteiger partial charge on any atom is 0.173 e. The van der Waals surface area contributed by atoms with Gasteiger partial charge in [-0.15, -0.1) is 0 Å². The molecule has 0 aromatic rings. The molecular formula is C12H20N2O2. The van der Waals surface area contributed by atoms with Gasteiger partial charge < -0.3 is 9.47 Å². The van der Waals surface area contributed by atoms with Crippen molar-refractivity contribution in [1.82, 2.24) is 4.90 Å². The number of ether oxygens (including phenoxy) is 2. The van der Waals surface area contributed by atoms with Crippen LogP contribution in [0, 0.1) is 11.3 Å². The highest BCUT2D eigenvalue weighted by molar-refractivity contribution is 4.88. The molecule has 2 aliphatic rings. The SMILES string of the molecule is CC(C)N1CCCC1C1OCC(CC#N)O1. The third-order valence-electron chi connectivity index (χ3n) is 3.41. The first-order chi connectivity index (χ1) is 7.72. The molecule has 3 unspecified atom stereocenters. The first kappa shape index (κ1) is 11.8. The lowest BCUT2D eigenvalue weighted by molar-refractivity contribution is -0.106. The summed E-state index contributed by atoms with van der Waals surface area (Å²) in [4.78, 5) is 2.44. The Balaban J connectivity index is 1.91. The Morgan fingerprint density at radius 3 is 3.00 bits per heavy atom. The van der Waals surface area contributed by atoms with Crippen LogP contribution in [0.15, 0.2) is 0 Å². The van der Waals surface area contributed by atoms with Crippen LogP contribution in [0.2, 0.25) is 0 Å². The highest BCUT2D eigenvalue weighted by atomic mass is 16.7. The first-order valence-corrected chi connectivity index (χ1v) is 6.12. The molecule has 0 spiro atoms. The van der Waals surface area contributed by atoms with Crippen molar-refractivity contribution >= 4 is 0 Å². The van der Waals surface area contributed by atoms with Crippen molar-refractivity contribution in [3.8, 4) is 6.07 Å². The largest absolute Gasteiger partial charge is 0.348 e. The van der Waals surface area contributed by atoms with Crippen LogP contribution in [0.25, 0.3) is 0 Å². The second-order valence-corrected chi connectivity index (χ2v) is 4.86. The van der Waals surface area contributed by atoms with Crippen LogP contribution in [0.5, 0.6) is 0 Å². The summed E-state index contributed by atoms with van der Waals surface area (Å²) in [6.45, 7) is 6.12. The Kier molecular flexibility index (Phi) is 3.80. The van der Waals surface area contributed by atoms with E-state index < -0.39 is 0 Å². The Morgan fingerprint density at radius 2 is 2.31 bits per heavy atom. The Hall–Kier alpha value is -0.630. The van der Waals surface area contributed by atoms with E-state index in [1.54, 1.807) is 0 Å². The fourth-order valence-corrected chi connectivity index (χ4v) is 2.63. The second-order valence-electron chi connectivity index (χ2n) is 4.86. The third kappa shape index (κ3) is 2.37. The van der Waals surface area contributed by atoms with Crippen LogP contribution in [0.3, 0.4) is 0 Å². The van der Waals surface area contributed by atoms with E-state index in [1.807, 2.05) is 0 Å². The van der Waals surface area contributed by atoms with Gasteiger partial charge in [0.1, 0.15) is 0 Å². The predicted molar refractivity (Wildman–Crippen MR) is 59.7 cm³/mol. The number of hydrogen-bond donors (Lipinski definition) is 0. The fourth-order valence-electron chi connectivity index (χ4n) is 2.63. The van der Waals surface area contributed by atoms with E-state index in [9.17, 15) is 0 Å². The molecule has 0 aromatic carbocycles. The van der Waals surface area contributed by atoms with E-state index >= 15 is 0 Å². The van der Waals surface area contributed by atoms with Crippen molar-refractivity contribution in [1.29, 1.82) is 5.26 Å². The Bertz CT molecular complexity index is 275. The molecule has 2 rings (SSSR count). The zero-order valence-electron chi connectivity index (χ0n) is 10.1.